The number of hydrogen-bond donors (Lipinski definition) is 5. The molecule has 0 fully saturated rings. The molecule has 1 heterocycles. The molecule has 0 radical (unpaired) electrons. The van der Waals surface area contributed by atoms with Gasteiger partial charge in [0.05, 0.1) is 25.2 Å². The molecule has 0 aliphatic carbocycles. The zero-order chi connectivity index (χ0) is 30.4. The number of furan rings is 1. The first-order valence-electron chi connectivity index (χ1n) is 13.5. The Kier molecular flexibility index (Phi) is 13.3. The zero-order valence-corrected chi connectivity index (χ0v) is 23.5. The maximum Gasteiger partial charge on any atom is 0.322 e. The fourth-order valence-electron chi connectivity index (χ4n) is 4.27. The van der Waals surface area contributed by atoms with Crippen LogP contribution in [-0.4, -0.2) is 71.3 Å². The van der Waals surface area contributed by atoms with Gasteiger partial charge < -0.3 is 30.2 Å². The molecule has 13 heteroatoms. The van der Waals surface area contributed by atoms with E-state index in [1.165, 1.54) is 24.3 Å². The molecular formula is C28H38N4O9. The average Bonchev–Trinajstić information content (AvgIpc) is 3.46. The quantitative estimate of drug-likeness (QED) is 0.0586. The molecule has 0 saturated carbocycles. The van der Waals surface area contributed by atoms with Crippen molar-refractivity contribution in [2.24, 2.45) is 5.92 Å². The Morgan fingerprint density at radius 1 is 1.02 bits per heavy atom. The van der Waals surface area contributed by atoms with Crippen molar-refractivity contribution in [1.82, 2.24) is 21.0 Å². The topological polar surface area (TPSA) is 188 Å². The summed E-state index contributed by atoms with van der Waals surface area (Å²) in [6.07, 6.45) is 3.70. The highest BCUT2D eigenvalue weighted by Gasteiger charge is 2.30. The number of aliphatic carboxylic acids is 1. The molecule has 41 heavy (non-hydrogen) atoms. The van der Waals surface area contributed by atoms with E-state index in [-0.39, 0.29) is 30.2 Å². The monoisotopic (exact) mass is 574 g/mol. The molecule has 0 bridgehead atoms. The lowest BCUT2D eigenvalue weighted by Gasteiger charge is -2.29. The van der Waals surface area contributed by atoms with Crippen LogP contribution in [0.15, 0.2) is 34.7 Å². The molecular weight excluding hydrogens is 536 g/mol. The van der Waals surface area contributed by atoms with Crippen LogP contribution in [0.4, 0.5) is 0 Å². The first-order valence-corrected chi connectivity index (χ1v) is 13.5. The summed E-state index contributed by atoms with van der Waals surface area (Å²) in [6.45, 7) is 5.12. The molecule has 4 amide bonds. The van der Waals surface area contributed by atoms with Crippen LogP contribution in [0.25, 0.3) is 11.3 Å². The van der Waals surface area contributed by atoms with E-state index in [4.69, 9.17) is 14.3 Å². The van der Waals surface area contributed by atoms with Crippen LogP contribution in [0.3, 0.4) is 0 Å². The number of carbonyl (C=O) groups is 5. The molecule has 13 nitrogen and oxygen atoms in total. The predicted octanol–water partition coefficient (Wildman–Crippen LogP) is 2.79. The number of carboxylic acid groups (broad SMARTS) is 1. The molecule has 0 aliphatic heterocycles. The largest absolute Gasteiger partial charge is 0.494 e. The lowest BCUT2D eigenvalue weighted by molar-refractivity contribution is -0.168. The first-order chi connectivity index (χ1) is 19.6. The van der Waals surface area contributed by atoms with E-state index in [1.807, 2.05) is 6.92 Å². The number of hydroxylamine groups is 2. The molecule has 0 spiro atoms. The molecule has 224 valence electrons. The highest BCUT2D eigenvalue weighted by molar-refractivity contribution is 5.97. The molecule has 1 aromatic carbocycles. The van der Waals surface area contributed by atoms with Crippen molar-refractivity contribution in [1.29, 1.82) is 0 Å². The third kappa shape index (κ3) is 9.94. The lowest BCUT2D eigenvalue weighted by Crippen LogP contribution is -2.47. The van der Waals surface area contributed by atoms with Crippen LogP contribution in [-0.2, 0) is 14.4 Å². The van der Waals surface area contributed by atoms with E-state index in [1.54, 1.807) is 19.9 Å². The van der Waals surface area contributed by atoms with E-state index in [0.717, 1.165) is 19.3 Å². The van der Waals surface area contributed by atoms with E-state index in [9.17, 15) is 29.2 Å². The highest BCUT2D eigenvalue weighted by Crippen LogP contribution is 2.28. The van der Waals surface area contributed by atoms with Crippen LogP contribution >= 0.6 is 0 Å². The standard InChI is InChI=1S/C28H38N4O9/c1-4-7-8-9-21(22(5-2)32(39)17-33)27(37)30-16-31-28(38)24-11-10-23(41-24)18-12-19(14-20(13-18)40-6-3)26(36)29-15-25(34)35/h10-14,17,21-22,39H,4-9,15-16H2,1-3H3,(H,29,36)(H,30,37)(H,31,38)(H,34,35). The van der Waals surface area contributed by atoms with E-state index >= 15 is 0 Å². The summed E-state index contributed by atoms with van der Waals surface area (Å²) >= 11 is 0. The van der Waals surface area contributed by atoms with Gasteiger partial charge in [-0.1, -0.05) is 33.1 Å². The highest BCUT2D eigenvalue weighted by atomic mass is 16.5. The fraction of sp³-hybridized carbons (Fsp3) is 0.464. The number of nitrogens with one attached hydrogen (secondary N) is 3. The second-order valence-electron chi connectivity index (χ2n) is 9.21. The maximum absolute atomic E-state index is 12.9. The number of nitrogens with zero attached hydrogens (tertiary/aromatic N) is 1. The summed E-state index contributed by atoms with van der Waals surface area (Å²) < 4.78 is 11.2. The van der Waals surface area contributed by atoms with Gasteiger partial charge >= 0.3 is 5.97 Å². The summed E-state index contributed by atoms with van der Waals surface area (Å²) in [6, 6.07) is 6.82. The number of hydrogen-bond acceptors (Lipinski definition) is 8. The number of benzene rings is 1. The van der Waals surface area contributed by atoms with Gasteiger partial charge in [-0.25, -0.2) is 5.06 Å². The van der Waals surface area contributed by atoms with Gasteiger partial charge in [-0.2, -0.15) is 0 Å². The van der Waals surface area contributed by atoms with Crippen LogP contribution < -0.4 is 20.7 Å². The van der Waals surface area contributed by atoms with Gasteiger partial charge in [0, 0.05) is 11.1 Å². The maximum atomic E-state index is 12.9. The Labute approximate surface area is 238 Å². The molecule has 2 atom stereocenters. The number of rotatable bonds is 18. The smallest absolute Gasteiger partial charge is 0.322 e. The van der Waals surface area contributed by atoms with Crippen molar-refractivity contribution in [3.8, 4) is 17.1 Å². The van der Waals surface area contributed by atoms with Crippen LogP contribution in [0.1, 0.15) is 73.8 Å². The molecule has 2 aromatic rings. The fourth-order valence-corrected chi connectivity index (χ4v) is 4.27. The Bertz CT molecular complexity index is 1200. The lowest BCUT2D eigenvalue weighted by atomic mass is 9.90. The third-order valence-electron chi connectivity index (χ3n) is 6.29. The summed E-state index contributed by atoms with van der Waals surface area (Å²) in [5.74, 6) is -2.93. The van der Waals surface area contributed by atoms with Crippen molar-refractivity contribution < 1.29 is 43.4 Å². The number of carboxylic acids is 1. The minimum Gasteiger partial charge on any atom is -0.494 e. The minimum absolute atomic E-state index is 0.0543. The van der Waals surface area contributed by atoms with Crippen molar-refractivity contribution in [2.45, 2.75) is 58.9 Å². The Morgan fingerprint density at radius 3 is 2.41 bits per heavy atom. The van der Waals surface area contributed by atoms with Crippen molar-refractivity contribution in [2.75, 3.05) is 19.8 Å². The normalized spacial score (nSPS) is 12.1. The van der Waals surface area contributed by atoms with E-state index < -0.39 is 42.2 Å². The van der Waals surface area contributed by atoms with Crippen LogP contribution in [0.2, 0.25) is 0 Å². The van der Waals surface area contributed by atoms with Gasteiger partial charge in [-0.3, -0.25) is 29.2 Å². The zero-order valence-electron chi connectivity index (χ0n) is 23.5. The second kappa shape index (κ2) is 16.7. The van der Waals surface area contributed by atoms with Gasteiger partial charge in [0.2, 0.25) is 12.3 Å². The molecule has 0 saturated heterocycles. The number of unbranched alkanes of at least 4 members (excludes halogenated alkanes) is 2. The molecule has 2 rings (SSSR count). The van der Waals surface area contributed by atoms with Crippen molar-refractivity contribution in [3.63, 3.8) is 0 Å². The number of carbonyl (C=O) groups excluding carboxylic acids is 4. The van der Waals surface area contributed by atoms with E-state index in [2.05, 4.69) is 16.0 Å². The Morgan fingerprint density at radius 2 is 1.78 bits per heavy atom. The predicted molar refractivity (Wildman–Crippen MR) is 147 cm³/mol. The third-order valence-corrected chi connectivity index (χ3v) is 6.29. The molecule has 0 aliphatic rings. The summed E-state index contributed by atoms with van der Waals surface area (Å²) in [5.41, 5.74) is 0.570. The molecule has 2 unspecified atom stereocenters. The van der Waals surface area contributed by atoms with Gasteiger partial charge in [-0.15, -0.1) is 0 Å². The molecule has 5 N–H and O–H groups in total. The van der Waals surface area contributed by atoms with Gasteiger partial charge in [0.25, 0.3) is 11.8 Å². The van der Waals surface area contributed by atoms with Gasteiger partial charge in [0.15, 0.2) is 5.76 Å². The summed E-state index contributed by atoms with van der Waals surface area (Å²) in [5, 5.41) is 26.8. The van der Waals surface area contributed by atoms with Crippen molar-refractivity contribution in [3.05, 3.63) is 41.7 Å². The average molecular weight is 575 g/mol. The summed E-state index contributed by atoms with van der Waals surface area (Å²) in [7, 11) is 0. The van der Waals surface area contributed by atoms with Gasteiger partial charge in [-0.05, 0) is 50.1 Å². The molecule has 1 aromatic heterocycles. The second-order valence-corrected chi connectivity index (χ2v) is 9.21. The van der Waals surface area contributed by atoms with Gasteiger partial charge in [0.1, 0.15) is 18.1 Å². The van der Waals surface area contributed by atoms with Crippen LogP contribution in [0, 0.1) is 5.92 Å². The Balaban J connectivity index is 2.10. The van der Waals surface area contributed by atoms with E-state index in [0.29, 0.717) is 35.8 Å². The first kappa shape index (κ1) is 32.8. The number of ether oxygens (including phenoxy) is 1. The summed E-state index contributed by atoms with van der Waals surface area (Å²) in [4.78, 5) is 59.9. The Hall–Kier alpha value is -4.39. The minimum atomic E-state index is -1.19. The van der Waals surface area contributed by atoms with Crippen LogP contribution in [0.5, 0.6) is 5.75 Å². The number of amides is 4. The van der Waals surface area contributed by atoms with Crippen molar-refractivity contribution >= 4 is 30.1 Å². The SMILES string of the molecule is CCCCCC(C(=O)NCNC(=O)c1ccc(-c2cc(OCC)cc(C(=O)NCC(=O)O)c2)o1)C(CC)N(O)C=O.